The third-order valence-corrected chi connectivity index (χ3v) is 2.15. The van der Waals surface area contributed by atoms with Crippen molar-refractivity contribution in [3.63, 3.8) is 0 Å². The minimum absolute atomic E-state index is 0.0703. The Balaban J connectivity index is 2.14. The summed E-state index contributed by atoms with van der Waals surface area (Å²) in [5, 5.41) is 18.0. The minimum Gasteiger partial charge on any atom is -0.508 e. The molecule has 17 heavy (non-hydrogen) atoms. The Kier molecular flexibility index (Phi) is 3.11. The van der Waals surface area contributed by atoms with Gasteiger partial charge in [-0.25, -0.2) is 4.79 Å². The first-order valence-corrected chi connectivity index (χ1v) is 4.89. The van der Waals surface area contributed by atoms with Crippen LogP contribution in [0.15, 0.2) is 41.0 Å². The van der Waals surface area contributed by atoms with Crippen molar-refractivity contribution >= 4 is 5.97 Å². The summed E-state index contributed by atoms with van der Waals surface area (Å²) in [6.07, 6.45) is 1.32. The number of carbonyl (C=O) groups excluding carboxylic acids is 1. The maximum Gasteiger partial charge on any atom is 0.343 e. The topological polar surface area (TPSA) is 79.9 Å². The Hall–Kier alpha value is -2.27. The third-order valence-electron chi connectivity index (χ3n) is 2.15. The molecule has 2 rings (SSSR count). The molecule has 0 aliphatic heterocycles. The number of rotatable bonds is 3. The maximum absolute atomic E-state index is 11.7. The first-order chi connectivity index (χ1) is 8.20. The Labute approximate surface area is 96.9 Å². The molecule has 0 unspecified atom stereocenters. The van der Waals surface area contributed by atoms with E-state index in [2.05, 4.69) is 0 Å². The van der Waals surface area contributed by atoms with E-state index in [4.69, 9.17) is 19.4 Å². The van der Waals surface area contributed by atoms with Crippen LogP contribution in [0.25, 0.3) is 0 Å². The van der Waals surface area contributed by atoms with Crippen LogP contribution >= 0.6 is 0 Å². The van der Waals surface area contributed by atoms with Gasteiger partial charge in [-0.3, -0.25) is 0 Å². The number of carbonyl (C=O) groups is 1. The third kappa shape index (κ3) is 2.46. The number of hydrogen-bond acceptors (Lipinski definition) is 5. The molecule has 1 aromatic carbocycles. The van der Waals surface area contributed by atoms with Crippen molar-refractivity contribution in [2.45, 2.75) is 6.61 Å². The molecule has 5 heteroatoms. The maximum atomic E-state index is 11.7. The molecular formula is C12H10O5. The van der Waals surface area contributed by atoms with E-state index >= 15 is 0 Å². The molecule has 2 N–H and O–H groups in total. The van der Waals surface area contributed by atoms with Crippen molar-refractivity contribution in [2.75, 3.05) is 0 Å². The molecule has 2 aromatic rings. The first-order valence-electron chi connectivity index (χ1n) is 4.89. The number of phenols is 1. The first kappa shape index (κ1) is 11.2. The van der Waals surface area contributed by atoms with Crippen molar-refractivity contribution in [3.8, 4) is 11.5 Å². The minimum atomic E-state index is -0.582. The van der Waals surface area contributed by atoms with Crippen LogP contribution in [0.1, 0.15) is 16.1 Å². The van der Waals surface area contributed by atoms with Crippen LogP contribution in [-0.4, -0.2) is 16.2 Å². The molecule has 88 valence electrons. The molecule has 0 aliphatic rings. The van der Waals surface area contributed by atoms with E-state index in [0.29, 0.717) is 5.56 Å². The molecule has 0 bridgehead atoms. The van der Waals surface area contributed by atoms with Gasteiger partial charge in [-0.05, 0) is 24.3 Å². The largest absolute Gasteiger partial charge is 0.508 e. The SMILES string of the molecule is O=C(Oc1ccoc1CO)c1ccc(O)cc1. The molecule has 0 saturated carbocycles. The lowest BCUT2D eigenvalue weighted by Crippen LogP contribution is -2.08. The molecule has 1 aromatic heterocycles. The van der Waals surface area contributed by atoms with Gasteiger partial charge in [-0.15, -0.1) is 0 Å². The molecule has 5 nitrogen and oxygen atoms in total. The molecule has 0 spiro atoms. The predicted octanol–water partition coefficient (Wildman–Crippen LogP) is 1.70. The van der Waals surface area contributed by atoms with Crippen molar-refractivity contribution in [1.82, 2.24) is 0 Å². The van der Waals surface area contributed by atoms with Gasteiger partial charge < -0.3 is 19.4 Å². The second-order valence-corrected chi connectivity index (χ2v) is 3.30. The number of aliphatic hydroxyl groups is 1. The molecule has 0 saturated heterocycles. The van der Waals surface area contributed by atoms with Crippen molar-refractivity contribution < 1.29 is 24.2 Å². The zero-order chi connectivity index (χ0) is 12.3. The Morgan fingerprint density at radius 2 is 1.94 bits per heavy atom. The van der Waals surface area contributed by atoms with Crippen LogP contribution < -0.4 is 4.74 Å². The summed E-state index contributed by atoms with van der Waals surface area (Å²) in [7, 11) is 0. The monoisotopic (exact) mass is 234 g/mol. The summed E-state index contributed by atoms with van der Waals surface area (Å²) >= 11 is 0. The number of ether oxygens (including phenoxy) is 1. The number of furan rings is 1. The highest BCUT2D eigenvalue weighted by molar-refractivity contribution is 5.91. The Bertz CT molecular complexity index is 512. The highest BCUT2D eigenvalue weighted by Gasteiger charge is 2.13. The summed E-state index contributed by atoms with van der Waals surface area (Å²) in [4.78, 5) is 11.7. The van der Waals surface area contributed by atoms with E-state index in [1.807, 2.05) is 0 Å². The highest BCUT2D eigenvalue weighted by Crippen LogP contribution is 2.21. The van der Waals surface area contributed by atoms with Gasteiger partial charge in [-0.1, -0.05) is 0 Å². The van der Waals surface area contributed by atoms with Crippen LogP contribution in [0.4, 0.5) is 0 Å². The van der Waals surface area contributed by atoms with Crippen molar-refractivity contribution in [2.24, 2.45) is 0 Å². The Morgan fingerprint density at radius 1 is 1.24 bits per heavy atom. The molecule has 0 aliphatic carbocycles. The fraction of sp³-hybridized carbons (Fsp3) is 0.0833. The summed E-state index contributed by atoms with van der Waals surface area (Å²) in [6.45, 7) is -0.342. The zero-order valence-electron chi connectivity index (χ0n) is 8.79. The van der Waals surface area contributed by atoms with Gasteiger partial charge in [0.05, 0.1) is 11.8 Å². The van der Waals surface area contributed by atoms with Crippen LogP contribution in [0.2, 0.25) is 0 Å². The van der Waals surface area contributed by atoms with Crippen molar-refractivity contribution in [1.29, 1.82) is 0 Å². The smallest absolute Gasteiger partial charge is 0.343 e. The quantitative estimate of drug-likeness (QED) is 0.790. The molecule has 0 amide bonds. The van der Waals surface area contributed by atoms with Gasteiger partial charge in [0.2, 0.25) is 0 Å². The predicted molar refractivity (Wildman–Crippen MR) is 57.7 cm³/mol. The number of aliphatic hydroxyl groups excluding tert-OH is 1. The number of aromatic hydroxyl groups is 1. The van der Waals surface area contributed by atoms with E-state index in [1.54, 1.807) is 0 Å². The average molecular weight is 234 g/mol. The van der Waals surface area contributed by atoms with Crippen LogP contribution in [-0.2, 0) is 6.61 Å². The van der Waals surface area contributed by atoms with E-state index in [0.717, 1.165) is 0 Å². The van der Waals surface area contributed by atoms with Gasteiger partial charge in [0.1, 0.15) is 12.4 Å². The molecular weight excluding hydrogens is 224 g/mol. The van der Waals surface area contributed by atoms with E-state index in [9.17, 15) is 4.79 Å². The number of esters is 1. The van der Waals surface area contributed by atoms with Gasteiger partial charge in [-0.2, -0.15) is 0 Å². The summed E-state index contributed by atoms with van der Waals surface area (Å²) in [6, 6.07) is 7.11. The summed E-state index contributed by atoms with van der Waals surface area (Å²) in [5.41, 5.74) is 0.299. The van der Waals surface area contributed by atoms with Gasteiger partial charge in [0.15, 0.2) is 11.5 Å². The van der Waals surface area contributed by atoms with Gasteiger partial charge >= 0.3 is 5.97 Å². The Morgan fingerprint density at radius 3 is 2.59 bits per heavy atom. The van der Waals surface area contributed by atoms with Gasteiger partial charge in [0, 0.05) is 6.07 Å². The van der Waals surface area contributed by atoms with Crippen LogP contribution in [0.5, 0.6) is 11.5 Å². The van der Waals surface area contributed by atoms with Crippen LogP contribution in [0, 0.1) is 0 Å². The van der Waals surface area contributed by atoms with Crippen molar-refractivity contribution in [3.05, 3.63) is 47.9 Å². The second kappa shape index (κ2) is 4.71. The number of phenolic OH excluding ortho intramolecular Hbond substituents is 1. The van der Waals surface area contributed by atoms with Gasteiger partial charge in [0.25, 0.3) is 0 Å². The molecule has 0 atom stereocenters. The van der Waals surface area contributed by atoms with E-state index in [-0.39, 0.29) is 23.9 Å². The van der Waals surface area contributed by atoms with Crippen LogP contribution in [0.3, 0.4) is 0 Å². The lowest BCUT2D eigenvalue weighted by Gasteiger charge is -2.03. The summed E-state index contributed by atoms with van der Waals surface area (Å²) < 4.78 is 9.93. The molecule has 0 fully saturated rings. The summed E-state index contributed by atoms with van der Waals surface area (Å²) in [5.74, 6) is -0.135. The second-order valence-electron chi connectivity index (χ2n) is 3.30. The number of hydrogen-bond donors (Lipinski definition) is 2. The fourth-order valence-electron chi connectivity index (χ4n) is 1.29. The standard InChI is InChI=1S/C12H10O5/c13-7-11-10(5-6-16-11)17-12(15)8-1-3-9(14)4-2-8/h1-6,13-14H,7H2. The molecule has 1 heterocycles. The average Bonchev–Trinajstić information content (AvgIpc) is 2.77. The number of benzene rings is 1. The van der Waals surface area contributed by atoms with E-state index in [1.165, 1.54) is 36.6 Å². The fourth-order valence-corrected chi connectivity index (χ4v) is 1.29. The molecule has 0 radical (unpaired) electrons. The lowest BCUT2D eigenvalue weighted by molar-refractivity contribution is 0.0727. The normalized spacial score (nSPS) is 10.2. The van der Waals surface area contributed by atoms with E-state index < -0.39 is 5.97 Å². The highest BCUT2D eigenvalue weighted by atomic mass is 16.5. The lowest BCUT2D eigenvalue weighted by atomic mass is 10.2. The zero-order valence-corrected chi connectivity index (χ0v) is 8.79.